The third-order valence-corrected chi connectivity index (χ3v) is 4.02. The molecule has 0 amide bonds. The first-order chi connectivity index (χ1) is 9.24. The molecule has 4 nitrogen and oxygen atoms in total. The van der Waals surface area contributed by atoms with Gasteiger partial charge in [0, 0.05) is 0 Å². The number of nitrogens with one attached hydrogen (secondary N) is 1. The van der Waals surface area contributed by atoms with Crippen LogP contribution in [0.15, 0.2) is 44.6 Å². The molecule has 0 bridgehead atoms. The maximum absolute atomic E-state index is 13.2. The Bertz CT molecular complexity index is 695. The summed E-state index contributed by atoms with van der Waals surface area (Å²) < 4.78 is 21.9. The van der Waals surface area contributed by atoms with Gasteiger partial charge in [0.2, 0.25) is 0 Å². The van der Waals surface area contributed by atoms with Crippen LogP contribution in [-0.2, 0) is 0 Å². The molecule has 3 rings (SSSR count). The SMILES string of the molecule is CC(Nc1cccc2c1N=[Se]=N2)c1cncc(F)c1. The normalized spacial score (nSPS) is 13.8. The van der Waals surface area contributed by atoms with Crippen molar-refractivity contribution in [3.63, 3.8) is 0 Å². The number of pyridine rings is 1. The zero-order chi connectivity index (χ0) is 13.2. The van der Waals surface area contributed by atoms with Gasteiger partial charge in [-0.1, -0.05) is 0 Å². The van der Waals surface area contributed by atoms with Gasteiger partial charge in [0.05, 0.1) is 0 Å². The van der Waals surface area contributed by atoms with Gasteiger partial charge in [-0.3, -0.25) is 0 Å². The molecule has 0 spiro atoms. The third kappa shape index (κ3) is 2.50. The molecular formula is C13H11FN4Se. The first-order valence-corrected chi connectivity index (χ1v) is 7.35. The van der Waals surface area contributed by atoms with Crippen LogP contribution in [0.2, 0.25) is 0 Å². The van der Waals surface area contributed by atoms with Crippen LogP contribution in [0.3, 0.4) is 0 Å². The van der Waals surface area contributed by atoms with Crippen LogP contribution in [0.4, 0.5) is 21.5 Å². The number of hydrogen-bond donors (Lipinski definition) is 1. The van der Waals surface area contributed by atoms with Crippen molar-refractivity contribution in [1.82, 2.24) is 4.98 Å². The Hall–Kier alpha value is -1.78. The predicted molar refractivity (Wildman–Crippen MR) is 72.6 cm³/mol. The average molecular weight is 321 g/mol. The Morgan fingerprint density at radius 3 is 3.00 bits per heavy atom. The van der Waals surface area contributed by atoms with Crippen molar-refractivity contribution in [3.05, 3.63) is 48.0 Å². The van der Waals surface area contributed by atoms with Crippen LogP contribution >= 0.6 is 0 Å². The maximum atomic E-state index is 13.2. The van der Waals surface area contributed by atoms with Crippen molar-refractivity contribution >= 4 is 31.6 Å². The molecule has 1 atom stereocenters. The Morgan fingerprint density at radius 1 is 1.26 bits per heavy atom. The average Bonchev–Trinajstić information content (AvgIpc) is 2.88. The second-order valence-electron chi connectivity index (χ2n) is 4.24. The summed E-state index contributed by atoms with van der Waals surface area (Å²) >= 11 is -0.0518. The van der Waals surface area contributed by atoms with Gasteiger partial charge in [-0.25, -0.2) is 0 Å². The molecular weight excluding hydrogens is 310 g/mol. The number of halogens is 1. The zero-order valence-corrected chi connectivity index (χ0v) is 11.9. The van der Waals surface area contributed by atoms with Gasteiger partial charge < -0.3 is 0 Å². The summed E-state index contributed by atoms with van der Waals surface area (Å²) in [6.07, 6.45) is 2.86. The number of nitrogens with zero attached hydrogens (tertiary/aromatic N) is 3. The molecule has 1 N–H and O–H groups in total. The Balaban J connectivity index is 1.86. The Labute approximate surface area is 115 Å². The van der Waals surface area contributed by atoms with E-state index in [0.717, 1.165) is 22.6 Å². The van der Waals surface area contributed by atoms with Gasteiger partial charge in [-0.15, -0.1) is 0 Å². The van der Waals surface area contributed by atoms with Crippen LogP contribution in [0, 0.1) is 5.82 Å². The van der Waals surface area contributed by atoms with Gasteiger partial charge in [0.25, 0.3) is 0 Å². The molecule has 2 aromatic rings. The summed E-state index contributed by atoms with van der Waals surface area (Å²) in [5.41, 5.74) is 3.56. The summed E-state index contributed by atoms with van der Waals surface area (Å²) in [6.45, 7) is 1.97. The van der Waals surface area contributed by atoms with E-state index in [0.29, 0.717) is 0 Å². The van der Waals surface area contributed by atoms with E-state index in [-0.39, 0.29) is 26.4 Å². The molecule has 0 radical (unpaired) electrons. The molecule has 0 saturated heterocycles. The Kier molecular flexibility index (Phi) is 3.27. The molecule has 1 aliphatic rings. The van der Waals surface area contributed by atoms with E-state index < -0.39 is 0 Å². The van der Waals surface area contributed by atoms with E-state index in [1.807, 2.05) is 25.1 Å². The van der Waals surface area contributed by atoms with Crippen molar-refractivity contribution in [1.29, 1.82) is 0 Å². The molecule has 1 aromatic heterocycles. The first-order valence-electron chi connectivity index (χ1n) is 5.82. The quantitative estimate of drug-likeness (QED) is 0.747. The molecule has 0 fully saturated rings. The van der Waals surface area contributed by atoms with Crippen LogP contribution in [0.25, 0.3) is 0 Å². The fourth-order valence-electron chi connectivity index (χ4n) is 1.90. The summed E-state index contributed by atoms with van der Waals surface area (Å²) in [6, 6.07) is 7.30. The predicted octanol–water partition coefficient (Wildman–Crippen LogP) is 3.74. The number of fused-ring (bicyclic) bond motifs is 1. The third-order valence-electron chi connectivity index (χ3n) is 2.88. The van der Waals surface area contributed by atoms with Gasteiger partial charge in [-0.2, -0.15) is 0 Å². The molecule has 2 heterocycles. The van der Waals surface area contributed by atoms with Crippen LogP contribution in [-0.4, -0.2) is 19.6 Å². The van der Waals surface area contributed by atoms with E-state index in [1.54, 1.807) is 6.20 Å². The summed E-state index contributed by atoms with van der Waals surface area (Å²) in [5, 5.41) is 3.34. The van der Waals surface area contributed by atoms with Gasteiger partial charge in [-0.05, 0) is 0 Å². The number of anilines is 1. The first kappa shape index (κ1) is 12.3. The summed E-state index contributed by atoms with van der Waals surface area (Å²) in [7, 11) is 0. The van der Waals surface area contributed by atoms with Crippen molar-refractivity contribution in [3.8, 4) is 0 Å². The number of aromatic nitrogens is 1. The van der Waals surface area contributed by atoms with Crippen LogP contribution in [0.5, 0.6) is 0 Å². The van der Waals surface area contributed by atoms with Crippen molar-refractivity contribution < 1.29 is 4.39 Å². The van der Waals surface area contributed by atoms with E-state index in [4.69, 9.17) is 0 Å². The molecule has 1 aliphatic heterocycles. The van der Waals surface area contributed by atoms with Gasteiger partial charge >= 0.3 is 115 Å². The topological polar surface area (TPSA) is 49.6 Å². The molecule has 19 heavy (non-hydrogen) atoms. The van der Waals surface area contributed by atoms with Crippen molar-refractivity contribution in [2.24, 2.45) is 7.92 Å². The van der Waals surface area contributed by atoms with Gasteiger partial charge in [0.1, 0.15) is 0 Å². The van der Waals surface area contributed by atoms with Gasteiger partial charge in [0.15, 0.2) is 0 Å². The number of benzene rings is 1. The summed E-state index contributed by atoms with van der Waals surface area (Å²) in [5.74, 6) is -0.326. The second kappa shape index (κ2) is 5.07. The fourth-order valence-corrected chi connectivity index (χ4v) is 3.06. The zero-order valence-electron chi connectivity index (χ0n) is 10.2. The number of hydrogen-bond acceptors (Lipinski definition) is 4. The Morgan fingerprint density at radius 2 is 2.16 bits per heavy atom. The van der Waals surface area contributed by atoms with Crippen molar-refractivity contribution in [2.45, 2.75) is 13.0 Å². The number of rotatable bonds is 3. The molecule has 1 aromatic carbocycles. The fraction of sp³-hybridized carbons (Fsp3) is 0.154. The second-order valence-corrected chi connectivity index (χ2v) is 5.35. The van der Waals surface area contributed by atoms with Crippen molar-refractivity contribution in [2.75, 3.05) is 5.32 Å². The molecule has 0 saturated carbocycles. The van der Waals surface area contributed by atoms with E-state index in [1.165, 1.54) is 12.3 Å². The van der Waals surface area contributed by atoms with Crippen LogP contribution in [0.1, 0.15) is 18.5 Å². The summed E-state index contributed by atoms with van der Waals surface area (Å²) in [4.78, 5) is 3.87. The molecule has 6 heteroatoms. The van der Waals surface area contributed by atoms with Crippen LogP contribution < -0.4 is 5.32 Å². The van der Waals surface area contributed by atoms with E-state index in [2.05, 4.69) is 18.2 Å². The minimum atomic E-state index is -0.326. The van der Waals surface area contributed by atoms with E-state index in [9.17, 15) is 4.39 Å². The molecule has 0 aliphatic carbocycles. The molecule has 1 unspecified atom stereocenters. The monoisotopic (exact) mass is 322 g/mol. The standard InChI is InChI=1S/C13H11FN4Se/c1-8(9-5-10(14)7-15-6-9)16-11-3-2-4-12-13(11)18-19-17-12/h2-8,16H,1H3. The molecule has 96 valence electrons. The van der Waals surface area contributed by atoms with E-state index >= 15 is 0 Å². The minimum absolute atomic E-state index is 0.0435.